The van der Waals surface area contributed by atoms with E-state index in [0.717, 1.165) is 11.2 Å². The van der Waals surface area contributed by atoms with Crippen LogP contribution in [-0.4, -0.2) is 29.9 Å². The fourth-order valence-corrected chi connectivity index (χ4v) is 1.29. The van der Waals surface area contributed by atoms with E-state index >= 15 is 0 Å². The van der Waals surface area contributed by atoms with Crippen LogP contribution in [0.25, 0.3) is 0 Å². The molecule has 2 heteroatoms. The highest BCUT2D eigenvalue weighted by molar-refractivity contribution is 9.09. The Labute approximate surface area is 79.3 Å². The van der Waals surface area contributed by atoms with Gasteiger partial charge in [0, 0.05) is 11.4 Å². The number of alkyl halides is 1. The number of hydrogen-bond acceptors (Lipinski definition) is 1. The van der Waals surface area contributed by atoms with Crippen molar-refractivity contribution in [2.45, 2.75) is 33.2 Å². The van der Waals surface area contributed by atoms with Gasteiger partial charge in [0.25, 0.3) is 0 Å². The van der Waals surface area contributed by atoms with Crippen LogP contribution in [0.4, 0.5) is 0 Å². The molecule has 1 unspecified atom stereocenters. The third-order valence-corrected chi connectivity index (χ3v) is 2.97. The minimum Gasteiger partial charge on any atom is -0.303 e. The van der Waals surface area contributed by atoms with E-state index in [0.29, 0.717) is 6.04 Å². The zero-order chi connectivity index (χ0) is 8.85. The van der Waals surface area contributed by atoms with Crippen LogP contribution in [-0.2, 0) is 0 Å². The first-order valence-corrected chi connectivity index (χ1v) is 5.46. The molecule has 0 saturated carbocycles. The highest BCUT2D eigenvalue weighted by Gasteiger charge is 2.06. The predicted octanol–water partition coefficient (Wildman–Crippen LogP) is 2.75. The van der Waals surface area contributed by atoms with Gasteiger partial charge in [-0.15, -0.1) is 0 Å². The van der Waals surface area contributed by atoms with Gasteiger partial charge in [-0.3, -0.25) is 0 Å². The molecule has 0 saturated heterocycles. The molecule has 1 atom stereocenters. The molecular weight excluding hydrogens is 202 g/mol. The summed E-state index contributed by atoms with van der Waals surface area (Å²) in [7, 11) is 2.19. The van der Waals surface area contributed by atoms with Crippen molar-refractivity contribution in [3.63, 3.8) is 0 Å². The van der Waals surface area contributed by atoms with Crippen molar-refractivity contribution in [1.82, 2.24) is 4.90 Å². The van der Waals surface area contributed by atoms with Crippen LogP contribution in [0.5, 0.6) is 0 Å². The lowest BCUT2D eigenvalue weighted by Gasteiger charge is -2.23. The molecule has 0 aromatic carbocycles. The monoisotopic (exact) mass is 221 g/mol. The summed E-state index contributed by atoms with van der Waals surface area (Å²) in [5.41, 5.74) is 0. The summed E-state index contributed by atoms with van der Waals surface area (Å²) >= 11 is 3.48. The predicted molar refractivity (Wildman–Crippen MR) is 55.3 cm³/mol. The highest BCUT2D eigenvalue weighted by atomic mass is 79.9. The molecule has 0 N–H and O–H groups in total. The third-order valence-electron chi connectivity index (χ3n) is 2.03. The zero-order valence-electron chi connectivity index (χ0n) is 8.10. The molecular formula is C9H20BrN. The minimum atomic E-state index is 0.661. The van der Waals surface area contributed by atoms with Gasteiger partial charge in [-0.1, -0.05) is 29.8 Å². The summed E-state index contributed by atoms with van der Waals surface area (Å²) in [6.07, 6.45) is 1.30. The molecule has 0 aromatic rings. The molecule has 0 spiro atoms. The second-order valence-electron chi connectivity index (χ2n) is 3.67. The summed E-state index contributed by atoms with van der Waals surface area (Å²) in [4.78, 5) is 2.40. The number of rotatable bonds is 5. The van der Waals surface area contributed by atoms with Crippen molar-refractivity contribution in [2.24, 2.45) is 5.92 Å². The molecule has 0 radical (unpaired) electrons. The van der Waals surface area contributed by atoms with Gasteiger partial charge in [0.05, 0.1) is 0 Å². The molecule has 0 aliphatic heterocycles. The SMILES string of the molecule is CC(C)CCN(C)C(C)CBr. The van der Waals surface area contributed by atoms with Crippen LogP contribution < -0.4 is 0 Å². The fraction of sp³-hybridized carbons (Fsp3) is 1.00. The van der Waals surface area contributed by atoms with Gasteiger partial charge in [-0.25, -0.2) is 0 Å². The van der Waals surface area contributed by atoms with Crippen LogP contribution in [0, 0.1) is 5.92 Å². The Morgan fingerprint density at radius 3 is 2.18 bits per heavy atom. The number of halogens is 1. The number of hydrogen-bond donors (Lipinski definition) is 0. The van der Waals surface area contributed by atoms with Crippen molar-refractivity contribution in [1.29, 1.82) is 0 Å². The molecule has 0 amide bonds. The molecule has 0 aliphatic rings. The van der Waals surface area contributed by atoms with Gasteiger partial charge in [-0.2, -0.15) is 0 Å². The average molecular weight is 222 g/mol. The third kappa shape index (κ3) is 5.68. The summed E-state index contributed by atoms with van der Waals surface area (Å²) in [6.45, 7) is 8.00. The van der Waals surface area contributed by atoms with Crippen LogP contribution >= 0.6 is 15.9 Å². The first kappa shape index (κ1) is 11.4. The molecule has 11 heavy (non-hydrogen) atoms. The number of nitrogens with zero attached hydrogens (tertiary/aromatic N) is 1. The second-order valence-corrected chi connectivity index (χ2v) is 4.31. The lowest BCUT2D eigenvalue weighted by molar-refractivity contribution is 0.262. The maximum absolute atomic E-state index is 3.48. The lowest BCUT2D eigenvalue weighted by atomic mass is 10.1. The van der Waals surface area contributed by atoms with E-state index in [4.69, 9.17) is 0 Å². The van der Waals surface area contributed by atoms with E-state index in [9.17, 15) is 0 Å². The van der Waals surface area contributed by atoms with Crippen LogP contribution in [0.1, 0.15) is 27.2 Å². The van der Waals surface area contributed by atoms with Crippen molar-refractivity contribution in [2.75, 3.05) is 18.9 Å². The van der Waals surface area contributed by atoms with E-state index in [-0.39, 0.29) is 0 Å². The Morgan fingerprint density at radius 1 is 1.27 bits per heavy atom. The zero-order valence-corrected chi connectivity index (χ0v) is 9.69. The summed E-state index contributed by atoms with van der Waals surface area (Å²) in [6, 6.07) is 0.661. The van der Waals surface area contributed by atoms with Crippen LogP contribution in [0.3, 0.4) is 0 Å². The fourth-order valence-electron chi connectivity index (χ4n) is 0.800. The molecule has 0 fully saturated rings. The van der Waals surface area contributed by atoms with Crippen molar-refractivity contribution in [3.05, 3.63) is 0 Å². The largest absolute Gasteiger partial charge is 0.303 e. The van der Waals surface area contributed by atoms with E-state index in [1.165, 1.54) is 13.0 Å². The van der Waals surface area contributed by atoms with Crippen molar-refractivity contribution in [3.8, 4) is 0 Å². The van der Waals surface area contributed by atoms with E-state index in [2.05, 4.69) is 48.6 Å². The average Bonchev–Trinajstić information content (AvgIpc) is 1.98. The standard InChI is InChI=1S/C9H20BrN/c1-8(2)5-6-11(4)9(3)7-10/h8-9H,5-7H2,1-4H3. The smallest absolute Gasteiger partial charge is 0.0185 e. The Kier molecular flexibility index (Phi) is 6.25. The minimum absolute atomic E-state index is 0.661. The molecule has 0 heterocycles. The van der Waals surface area contributed by atoms with Crippen LogP contribution in [0.2, 0.25) is 0 Å². The first-order chi connectivity index (χ1) is 5.07. The maximum Gasteiger partial charge on any atom is 0.0185 e. The molecule has 0 aromatic heterocycles. The Balaban J connectivity index is 3.43. The van der Waals surface area contributed by atoms with Crippen molar-refractivity contribution < 1.29 is 0 Å². The first-order valence-electron chi connectivity index (χ1n) is 4.34. The van der Waals surface area contributed by atoms with Gasteiger partial charge in [0.2, 0.25) is 0 Å². The van der Waals surface area contributed by atoms with Gasteiger partial charge in [0.15, 0.2) is 0 Å². The van der Waals surface area contributed by atoms with Gasteiger partial charge in [-0.05, 0) is 32.9 Å². The summed E-state index contributed by atoms with van der Waals surface area (Å²) in [5, 5.41) is 1.07. The Bertz CT molecular complexity index is 93.6. The van der Waals surface area contributed by atoms with Gasteiger partial charge >= 0.3 is 0 Å². The maximum atomic E-state index is 3.48. The van der Waals surface area contributed by atoms with E-state index in [1.807, 2.05) is 0 Å². The van der Waals surface area contributed by atoms with Crippen molar-refractivity contribution >= 4 is 15.9 Å². The highest BCUT2D eigenvalue weighted by Crippen LogP contribution is 2.04. The van der Waals surface area contributed by atoms with Gasteiger partial charge in [0.1, 0.15) is 0 Å². The topological polar surface area (TPSA) is 3.24 Å². The van der Waals surface area contributed by atoms with Crippen LogP contribution in [0.15, 0.2) is 0 Å². The normalized spacial score (nSPS) is 14.5. The van der Waals surface area contributed by atoms with E-state index < -0.39 is 0 Å². The van der Waals surface area contributed by atoms with E-state index in [1.54, 1.807) is 0 Å². The molecule has 1 nitrogen and oxygen atoms in total. The lowest BCUT2D eigenvalue weighted by Crippen LogP contribution is -2.31. The molecule has 0 bridgehead atoms. The summed E-state index contributed by atoms with van der Waals surface area (Å²) in [5.74, 6) is 0.819. The quantitative estimate of drug-likeness (QED) is 0.646. The Hall–Kier alpha value is 0.440. The molecule has 0 aliphatic carbocycles. The molecule has 68 valence electrons. The molecule has 0 rings (SSSR count). The Morgan fingerprint density at radius 2 is 1.82 bits per heavy atom. The van der Waals surface area contributed by atoms with Gasteiger partial charge < -0.3 is 4.90 Å². The summed E-state index contributed by atoms with van der Waals surface area (Å²) < 4.78 is 0. The second kappa shape index (κ2) is 6.01.